The molecule has 0 fully saturated rings. The fourth-order valence-electron chi connectivity index (χ4n) is 4.07. The molecular formula is C24H32N2O3S. The molecule has 0 radical (unpaired) electrons. The molecule has 6 heteroatoms. The quantitative estimate of drug-likeness (QED) is 0.682. The predicted octanol–water partition coefficient (Wildman–Crippen LogP) is 4.30. The number of anilines is 1. The second-order valence-corrected chi connectivity index (χ2v) is 10.2. The van der Waals surface area contributed by atoms with Crippen molar-refractivity contribution in [1.29, 1.82) is 0 Å². The lowest BCUT2D eigenvalue weighted by molar-refractivity contribution is -0.121. The van der Waals surface area contributed by atoms with Crippen LogP contribution in [-0.4, -0.2) is 27.1 Å². The van der Waals surface area contributed by atoms with Crippen molar-refractivity contribution in [2.45, 2.75) is 58.4 Å². The molecule has 0 saturated carbocycles. The number of hydrogen-bond acceptors (Lipinski definition) is 3. The molecule has 0 unspecified atom stereocenters. The van der Waals surface area contributed by atoms with E-state index < -0.39 is 10.0 Å². The smallest absolute Gasteiger partial charge is 0.232 e. The van der Waals surface area contributed by atoms with Crippen molar-refractivity contribution in [1.82, 2.24) is 5.32 Å². The molecule has 2 aromatic rings. The summed E-state index contributed by atoms with van der Waals surface area (Å²) in [6, 6.07) is 13.9. The van der Waals surface area contributed by atoms with Gasteiger partial charge in [0.05, 0.1) is 18.0 Å². The zero-order chi connectivity index (χ0) is 21.7. The Balaban J connectivity index is 1.55. The minimum Gasteiger partial charge on any atom is -0.350 e. The van der Waals surface area contributed by atoms with Crippen LogP contribution in [0.5, 0.6) is 0 Å². The number of fused-ring (bicyclic) bond motifs is 1. The summed E-state index contributed by atoms with van der Waals surface area (Å²) in [5.41, 5.74) is 5.60. The van der Waals surface area contributed by atoms with E-state index in [9.17, 15) is 13.2 Å². The van der Waals surface area contributed by atoms with E-state index in [-0.39, 0.29) is 24.9 Å². The molecule has 2 aromatic carbocycles. The summed E-state index contributed by atoms with van der Waals surface area (Å²) < 4.78 is 25.8. The molecule has 1 aliphatic rings. The van der Waals surface area contributed by atoms with Crippen LogP contribution < -0.4 is 9.62 Å². The number of aryl methyl sites for hydroxylation is 3. The molecule has 0 spiro atoms. The van der Waals surface area contributed by atoms with Gasteiger partial charge in [-0.1, -0.05) is 30.3 Å². The van der Waals surface area contributed by atoms with Gasteiger partial charge in [0.15, 0.2) is 0 Å². The topological polar surface area (TPSA) is 66.5 Å². The van der Waals surface area contributed by atoms with Gasteiger partial charge in [-0.25, -0.2) is 8.42 Å². The average Bonchev–Trinajstić information content (AvgIpc) is 2.69. The number of sulfonamides is 1. The van der Waals surface area contributed by atoms with Crippen molar-refractivity contribution < 1.29 is 13.2 Å². The lowest BCUT2D eigenvalue weighted by Gasteiger charge is -2.23. The van der Waals surface area contributed by atoms with Crippen LogP contribution in [0.4, 0.5) is 5.69 Å². The average molecular weight is 429 g/mol. The molecule has 0 saturated heterocycles. The van der Waals surface area contributed by atoms with Gasteiger partial charge < -0.3 is 5.32 Å². The summed E-state index contributed by atoms with van der Waals surface area (Å²) in [4.78, 5) is 12.5. The third-order valence-corrected chi connectivity index (χ3v) is 6.90. The van der Waals surface area contributed by atoms with Crippen LogP contribution in [0.15, 0.2) is 42.5 Å². The monoisotopic (exact) mass is 428 g/mol. The maximum atomic E-state index is 12.5. The highest BCUT2D eigenvalue weighted by Crippen LogP contribution is 2.25. The number of nitrogens with one attached hydrogen (secondary N) is 1. The van der Waals surface area contributed by atoms with Gasteiger partial charge in [0, 0.05) is 13.0 Å². The van der Waals surface area contributed by atoms with Crippen molar-refractivity contribution in [3.05, 3.63) is 64.7 Å². The number of hydrogen-bond donors (Lipinski definition) is 1. The second kappa shape index (κ2) is 9.65. The third kappa shape index (κ3) is 5.85. The van der Waals surface area contributed by atoms with Gasteiger partial charge in [0.25, 0.3) is 0 Å². The van der Waals surface area contributed by atoms with Gasteiger partial charge in [-0.3, -0.25) is 9.10 Å². The first-order chi connectivity index (χ1) is 14.2. The van der Waals surface area contributed by atoms with E-state index in [0.717, 1.165) is 24.0 Å². The zero-order valence-electron chi connectivity index (χ0n) is 18.1. The fraction of sp³-hybridized carbons (Fsp3) is 0.458. The summed E-state index contributed by atoms with van der Waals surface area (Å²) in [5.74, 6) is -0.0575. The molecule has 0 aromatic heterocycles. The Labute approximate surface area is 180 Å². The van der Waals surface area contributed by atoms with Crippen molar-refractivity contribution in [3.63, 3.8) is 0 Å². The van der Waals surface area contributed by atoms with E-state index in [0.29, 0.717) is 12.1 Å². The van der Waals surface area contributed by atoms with Gasteiger partial charge in [-0.05, 0) is 80.3 Å². The number of nitrogens with zero attached hydrogens (tertiary/aromatic N) is 1. The summed E-state index contributed by atoms with van der Waals surface area (Å²) in [6.45, 7) is 4.21. The molecule has 0 bridgehead atoms. The van der Waals surface area contributed by atoms with Gasteiger partial charge in [0.2, 0.25) is 15.9 Å². The molecule has 5 nitrogen and oxygen atoms in total. The molecule has 1 atom stereocenters. The van der Waals surface area contributed by atoms with E-state index in [1.165, 1.54) is 34.5 Å². The fourth-order valence-corrected chi connectivity index (χ4v) is 5.03. The van der Waals surface area contributed by atoms with Crippen molar-refractivity contribution >= 4 is 21.6 Å². The minimum atomic E-state index is -3.41. The number of carbonyl (C=O) groups is 1. The molecule has 162 valence electrons. The largest absolute Gasteiger partial charge is 0.350 e. The number of benzene rings is 2. The van der Waals surface area contributed by atoms with Gasteiger partial charge in [0.1, 0.15) is 0 Å². The normalized spacial score (nSPS) is 14.6. The van der Waals surface area contributed by atoms with E-state index in [2.05, 4.69) is 23.5 Å². The Bertz CT molecular complexity index is 1000. The molecule has 0 heterocycles. The van der Waals surface area contributed by atoms with E-state index in [4.69, 9.17) is 0 Å². The van der Waals surface area contributed by atoms with Gasteiger partial charge in [-0.15, -0.1) is 0 Å². The van der Waals surface area contributed by atoms with E-state index >= 15 is 0 Å². The summed E-state index contributed by atoms with van der Waals surface area (Å²) in [7, 11) is -3.41. The highest BCUT2D eigenvalue weighted by Gasteiger charge is 2.18. The van der Waals surface area contributed by atoms with Crippen LogP contribution in [0.25, 0.3) is 0 Å². The third-order valence-electron chi connectivity index (χ3n) is 5.71. The number of amides is 1. The van der Waals surface area contributed by atoms with Crippen LogP contribution in [-0.2, 0) is 27.7 Å². The maximum absolute atomic E-state index is 12.5. The Morgan fingerprint density at radius 2 is 1.83 bits per heavy atom. The molecule has 1 aliphatic carbocycles. The van der Waals surface area contributed by atoms with Crippen LogP contribution in [0.2, 0.25) is 0 Å². The summed E-state index contributed by atoms with van der Waals surface area (Å²) >= 11 is 0. The lowest BCUT2D eigenvalue weighted by atomic mass is 9.89. The van der Waals surface area contributed by atoms with Crippen LogP contribution in [0.1, 0.15) is 60.9 Å². The Morgan fingerprint density at radius 3 is 2.53 bits per heavy atom. The van der Waals surface area contributed by atoms with Crippen molar-refractivity contribution in [3.8, 4) is 0 Å². The Morgan fingerprint density at radius 1 is 1.10 bits per heavy atom. The highest BCUT2D eigenvalue weighted by atomic mass is 32.2. The summed E-state index contributed by atoms with van der Waals surface area (Å²) in [6.07, 6.45) is 6.70. The summed E-state index contributed by atoms with van der Waals surface area (Å²) in [5, 5.41) is 3.06. The molecule has 1 amide bonds. The van der Waals surface area contributed by atoms with Crippen LogP contribution >= 0.6 is 0 Å². The molecule has 30 heavy (non-hydrogen) atoms. The SMILES string of the molecule is Cc1cccc(N(CCCC(=O)N[C@H](C)c2ccc3c(c2)CCCC3)S(C)(=O)=O)c1. The molecular weight excluding hydrogens is 396 g/mol. The van der Waals surface area contributed by atoms with Crippen LogP contribution in [0, 0.1) is 6.92 Å². The van der Waals surface area contributed by atoms with Crippen molar-refractivity contribution in [2.75, 3.05) is 17.1 Å². The highest BCUT2D eigenvalue weighted by molar-refractivity contribution is 7.92. The predicted molar refractivity (Wildman–Crippen MR) is 122 cm³/mol. The lowest BCUT2D eigenvalue weighted by Crippen LogP contribution is -2.32. The van der Waals surface area contributed by atoms with Crippen molar-refractivity contribution in [2.24, 2.45) is 0 Å². The van der Waals surface area contributed by atoms with E-state index in [1.807, 2.05) is 32.0 Å². The minimum absolute atomic E-state index is 0.0575. The first kappa shape index (κ1) is 22.3. The Kier molecular flexibility index (Phi) is 7.19. The van der Waals surface area contributed by atoms with Crippen LogP contribution in [0.3, 0.4) is 0 Å². The Hall–Kier alpha value is -2.34. The molecule has 0 aliphatic heterocycles. The first-order valence-corrected chi connectivity index (χ1v) is 12.5. The molecule has 3 rings (SSSR count). The number of carbonyl (C=O) groups excluding carboxylic acids is 1. The standard InChI is InChI=1S/C24H32N2O3S/c1-18-8-6-11-23(16-18)26(30(3,28)29)15-7-12-24(27)25-19(2)21-14-13-20-9-4-5-10-22(20)17-21/h6,8,11,13-14,16-17,19H,4-5,7,9-10,12,15H2,1-3H3,(H,25,27)/t19-/m1/s1. The zero-order valence-corrected chi connectivity index (χ0v) is 19.0. The molecule has 1 N–H and O–H groups in total. The second-order valence-electron chi connectivity index (χ2n) is 8.30. The van der Waals surface area contributed by atoms with E-state index in [1.54, 1.807) is 6.07 Å². The number of rotatable bonds is 8. The van der Waals surface area contributed by atoms with Gasteiger partial charge in [-0.2, -0.15) is 0 Å². The first-order valence-electron chi connectivity index (χ1n) is 10.7. The van der Waals surface area contributed by atoms with Gasteiger partial charge >= 0.3 is 0 Å². The maximum Gasteiger partial charge on any atom is 0.232 e.